The van der Waals surface area contributed by atoms with E-state index in [0.717, 1.165) is 5.56 Å². The fourth-order valence-corrected chi connectivity index (χ4v) is 1.88. The smallest absolute Gasteiger partial charge is 0.316 e. The number of aliphatic carboxylic acids is 1. The number of pyridine rings is 1. The molecule has 14 heavy (non-hydrogen) atoms. The normalized spacial score (nSPS) is 12.4. The molecule has 5 heteroatoms. The zero-order valence-corrected chi connectivity index (χ0v) is 9.18. The van der Waals surface area contributed by atoms with Gasteiger partial charge in [0, 0.05) is 11.9 Å². The zero-order chi connectivity index (χ0) is 10.6. The lowest BCUT2D eigenvalue weighted by atomic mass is 10.3. The third kappa shape index (κ3) is 3.20. The summed E-state index contributed by atoms with van der Waals surface area (Å²) in [4.78, 5) is 14.4. The molecule has 0 amide bonds. The summed E-state index contributed by atoms with van der Waals surface area (Å²) in [6.07, 6.45) is 1.61. The van der Waals surface area contributed by atoms with Gasteiger partial charge in [0.25, 0.3) is 0 Å². The van der Waals surface area contributed by atoms with Crippen LogP contribution in [0.1, 0.15) is 12.5 Å². The maximum atomic E-state index is 10.5. The minimum Gasteiger partial charge on any atom is -0.480 e. The number of rotatable bonds is 4. The lowest BCUT2D eigenvalue weighted by molar-refractivity contribution is -0.136. The van der Waals surface area contributed by atoms with Gasteiger partial charge in [-0.1, -0.05) is 17.7 Å². The van der Waals surface area contributed by atoms with Crippen LogP contribution < -0.4 is 0 Å². The van der Waals surface area contributed by atoms with Gasteiger partial charge in [-0.05, 0) is 18.6 Å². The van der Waals surface area contributed by atoms with Crippen LogP contribution in [0.5, 0.6) is 0 Å². The highest BCUT2D eigenvalue weighted by Gasteiger charge is 2.11. The summed E-state index contributed by atoms with van der Waals surface area (Å²) in [6, 6.07) is 3.63. The van der Waals surface area contributed by atoms with Crippen molar-refractivity contribution in [3.63, 3.8) is 0 Å². The molecule has 0 aliphatic carbocycles. The summed E-state index contributed by atoms with van der Waals surface area (Å²) >= 11 is 7.14. The summed E-state index contributed by atoms with van der Waals surface area (Å²) in [7, 11) is 0. The minimum absolute atomic E-state index is 0.425. The van der Waals surface area contributed by atoms with Crippen LogP contribution >= 0.6 is 23.4 Å². The highest BCUT2D eigenvalue weighted by Crippen LogP contribution is 2.21. The van der Waals surface area contributed by atoms with E-state index in [-0.39, 0.29) is 0 Å². The number of carbonyl (C=O) groups is 1. The molecule has 1 N–H and O–H groups in total. The fraction of sp³-hybridized carbons (Fsp3) is 0.333. The number of hydrogen-bond donors (Lipinski definition) is 1. The molecule has 0 fully saturated rings. The van der Waals surface area contributed by atoms with E-state index >= 15 is 0 Å². The van der Waals surface area contributed by atoms with Gasteiger partial charge in [-0.3, -0.25) is 4.79 Å². The SMILES string of the molecule is CC(SCc1cccnc1Cl)C(=O)O. The number of aromatic nitrogens is 1. The van der Waals surface area contributed by atoms with Crippen LogP contribution in [0.15, 0.2) is 18.3 Å². The summed E-state index contributed by atoms with van der Waals surface area (Å²) in [5.74, 6) is -0.241. The molecule has 1 heterocycles. The molecule has 1 unspecified atom stereocenters. The van der Waals surface area contributed by atoms with E-state index < -0.39 is 11.2 Å². The van der Waals surface area contributed by atoms with Gasteiger partial charge in [0.15, 0.2) is 0 Å². The number of thioether (sulfide) groups is 1. The van der Waals surface area contributed by atoms with Gasteiger partial charge >= 0.3 is 5.97 Å². The molecule has 3 nitrogen and oxygen atoms in total. The Hall–Kier alpha value is -0.740. The summed E-state index contributed by atoms with van der Waals surface area (Å²) < 4.78 is 0. The van der Waals surface area contributed by atoms with E-state index in [1.54, 1.807) is 19.2 Å². The van der Waals surface area contributed by atoms with Crippen molar-refractivity contribution in [2.75, 3.05) is 0 Å². The Kier molecular flexibility index (Phi) is 4.22. The van der Waals surface area contributed by atoms with Crippen LogP contribution in [0, 0.1) is 0 Å². The molecule has 0 saturated carbocycles. The van der Waals surface area contributed by atoms with Gasteiger partial charge in [-0.25, -0.2) is 4.98 Å². The van der Waals surface area contributed by atoms with Gasteiger partial charge in [-0.2, -0.15) is 0 Å². The second kappa shape index (κ2) is 5.22. The quantitative estimate of drug-likeness (QED) is 0.809. The number of carboxylic acid groups (broad SMARTS) is 1. The topological polar surface area (TPSA) is 50.2 Å². The zero-order valence-electron chi connectivity index (χ0n) is 7.61. The second-order valence-corrected chi connectivity index (χ2v) is 4.43. The Morgan fingerprint density at radius 1 is 1.79 bits per heavy atom. The molecular weight excluding hydrogens is 222 g/mol. The molecule has 1 aromatic heterocycles. The van der Waals surface area contributed by atoms with Crippen LogP contribution in [-0.2, 0) is 10.5 Å². The molecule has 0 aromatic carbocycles. The van der Waals surface area contributed by atoms with Crippen molar-refractivity contribution in [2.24, 2.45) is 0 Å². The van der Waals surface area contributed by atoms with Crippen molar-refractivity contribution >= 4 is 29.3 Å². The van der Waals surface area contributed by atoms with E-state index in [2.05, 4.69) is 4.98 Å². The van der Waals surface area contributed by atoms with Crippen LogP contribution in [0.25, 0.3) is 0 Å². The standard InChI is InChI=1S/C9H10ClNO2S/c1-6(9(12)13)14-5-7-3-2-4-11-8(7)10/h2-4,6H,5H2,1H3,(H,12,13). The van der Waals surface area contributed by atoms with Crippen LogP contribution in [0.2, 0.25) is 5.15 Å². The third-order valence-electron chi connectivity index (χ3n) is 1.67. The van der Waals surface area contributed by atoms with Gasteiger partial charge in [0.2, 0.25) is 0 Å². The first-order valence-corrected chi connectivity index (χ1v) is 5.47. The predicted octanol–water partition coefficient (Wildman–Crippen LogP) is 2.44. The molecule has 1 rings (SSSR count). The summed E-state index contributed by atoms with van der Waals surface area (Å²) in [6.45, 7) is 1.65. The Balaban J connectivity index is 2.54. The number of halogens is 1. The van der Waals surface area contributed by atoms with E-state index in [1.165, 1.54) is 11.8 Å². The molecule has 0 aliphatic rings. The Morgan fingerprint density at radius 3 is 3.07 bits per heavy atom. The van der Waals surface area contributed by atoms with Crippen LogP contribution in [0.4, 0.5) is 0 Å². The highest BCUT2D eigenvalue weighted by molar-refractivity contribution is 7.99. The Labute approximate surface area is 91.5 Å². The van der Waals surface area contributed by atoms with Crippen molar-refractivity contribution in [1.82, 2.24) is 4.98 Å². The predicted molar refractivity (Wildman–Crippen MR) is 57.6 cm³/mol. The van der Waals surface area contributed by atoms with Crippen LogP contribution in [-0.4, -0.2) is 21.3 Å². The van der Waals surface area contributed by atoms with Crippen molar-refractivity contribution in [3.05, 3.63) is 29.0 Å². The molecular formula is C9H10ClNO2S. The third-order valence-corrected chi connectivity index (χ3v) is 3.19. The first-order valence-electron chi connectivity index (χ1n) is 4.05. The molecule has 1 aromatic rings. The van der Waals surface area contributed by atoms with E-state index in [4.69, 9.17) is 16.7 Å². The minimum atomic E-state index is -0.810. The Morgan fingerprint density at radius 2 is 2.50 bits per heavy atom. The average Bonchev–Trinajstić information content (AvgIpc) is 2.16. The molecule has 0 aliphatic heterocycles. The highest BCUT2D eigenvalue weighted by atomic mass is 35.5. The van der Waals surface area contributed by atoms with Crippen molar-refractivity contribution in [1.29, 1.82) is 0 Å². The largest absolute Gasteiger partial charge is 0.480 e. The lowest BCUT2D eigenvalue weighted by Gasteiger charge is -2.06. The molecule has 0 radical (unpaired) electrons. The first-order chi connectivity index (χ1) is 6.61. The van der Waals surface area contributed by atoms with Gasteiger partial charge in [0.05, 0.1) is 5.25 Å². The maximum absolute atomic E-state index is 10.5. The van der Waals surface area contributed by atoms with Gasteiger partial charge in [-0.15, -0.1) is 11.8 Å². The molecule has 0 saturated heterocycles. The number of carboxylic acids is 1. The van der Waals surface area contributed by atoms with Crippen molar-refractivity contribution < 1.29 is 9.90 Å². The number of nitrogens with zero attached hydrogens (tertiary/aromatic N) is 1. The van der Waals surface area contributed by atoms with Crippen LogP contribution in [0.3, 0.4) is 0 Å². The van der Waals surface area contributed by atoms with E-state index in [9.17, 15) is 4.79 Å². The van der Waals surface area contributed by atoms with Gasteiger partial charge in [0.1, 0.15) is 5.15 Å². The first kappa shape index (κ1) is 11.3. The van der Waals surface area contributed by atoms with Crippen molar-refractivity contribution in [2.45, 2.75) is 17.9 Å². The molecule has 1 atom stereocenters. The maximum Gasteiger partial charge on any atom is 0.316 e. The van der Waals surface area contributed by atoms with Gasteiger partial charge < -0.3 is 5.11 Å². The monoisotopic (exact) mass is 231 g/mol. The lowest BCUT2D eigenvalue weighted by Crippen LogP contribution is -2.11. The molecule has 0 bridgehead atoms. The average molecular weight is 232 g/mol. The van der Waals surface area contributed by atoms with E-state index in [1.807, 2.05) is 6.07 Å². The fourth-order valence-electron chi connectivity index (χ4n) is 0.813. The van der Waals surface area contributed by atoms with Crippen molar-refractivity contribution in [3.8, 4) is 0 Å². The second-order valence-electron chi connectivity index (χ2n) is 2.74. The molecule has 76 valence electrons. The van der Waals surface area contributed by atoms with E-state index in [0.29, 0.717) is 10.9 Å². The summed E-state index contributed by atoms with van der Waals surface area (Å²) in [5.41, 5.74) is 0.868. The molecule has 0 spiro atoms. The summed E-state index contributed by atoms with van der Waals surface area (Å²) in [5, 5.41) is 8.68. The Bertz CT molecular complexity index is 332. The number of hydrogen-bond acceptors (Lipinski definition) is 3.